The van der Waals surface area contributed by atoms with Gasteiger partial charge in [-0.15, -0.1) is 0 Å². The molecule has 0 unspecified atom stereocenters. The molecule has 1 amide bonds. The molecular formula is C23H27N3O2. The quantitative estimate of drug-likeness (QED) is 0.738. The summed E-state index contributed by atoms with van der Waals surface area (Å²) in [5.41, 5.74) is 2.97. The zero-order chi connectivity index (χ0) is 19.5. The fourth-order valence-corrected chi connectivity index (χ4v) is 4.44. The van der Waals surface area contributed by atoms with Crippen molar-refractivity contribution in [2.75, 3.05) is 0 Å². The molecule has 0 atom stereocenters. The van der Waals surface area contributed by atoms with E-state index in [4.69, 9.17) is 0 Å². The number of rotatable bonds is 5. The van der Waals surface area contributed by atoms with Crippen LogP contribution < -0.4 is 11.0 Å². The Hall–Kier alpha value is -2.82. The number of carbonyl (C=O) groups is 1. The number of nitrogens with zero attached hydrogens (tertiary/aromatic N) is 2. The minimum Gasteiger partial charge on any atom is -0.352 e. The lowest BCUT2D eigenvalue weighted by atomic mass is 9.82. The van der Waals surface area contributed by atoms with Crippen molar-refractivity contribution >= 4 is 16.9 Å². The van der Waals surface area contributed by atoms with Crippen LogP contribution in [-0.2, 0) is 17.9 Å². The van der Waals surface area contributed by atoms with Gasteiger partial charge < -0.3 is 5.32 Å². The summed E-state index contributed by atoms with van der Waals surface area (Å²) in [5, 5.41) is 3.15. The summed E-state index contributed by atoms with van der Waals surface area (Å²) >= 11 is 0. The van der Waals surface area contributed by atoms with Crippen LogP contribution in [0.5, 0.6) is 0 Å². The zero-order valence-electron chi connectivity index (χ0n) is 16.3. The van der Waals surface area contributed by atoms with Gasteiger partial charge in [-0.2, -0.15) is 0 Å². The van der Waals surface area contributed by atoms with Crippen LogP contribution in [0.1, 0.15) is 44.1 Å². The zero-order valence-corrected chi connectivity index (χ0v) is 16.3. The molecule has 3 aromatic rings. The number of nitrogens with one attached hydrogen (secondary N) is 1. The topological polar surface area (TPSA) is 56.0 Å². The van der Waals surface area contributed by atoms with Crippen LogP contribution in [0.25, 0.3) is 11.0 Å². The molecule has 4 rings (SSSR count). The van der Waals surface area contributed by atoms with Crippen LogP contribution in [0.4, 0.5) is 0 Å². The van der Waals surface area contributed by atoms with Crippen LogP contribution in [0.2, 0.25) is 0 Å². The lowest BCUT2D eigenvalue weighted by Crippen LogP contribution is -2.40. The lowest BCUT2D eigenvalue weighted by molar-refractivity contribution is -0.122. The first kappa shape index (κ1) is 18.5. The van der Waals surface area contributed by atoms with Crippen molar-refractivity contribution in [3.8, 4) is 0 Å². The summed E-state index contributed by atoms with van der Waals surface area (Å²) in [6.45, 7) is 2.62. The number of benzene rings is 2. The standard InChI is InChI=1S/C23H27N3O2/c1-2-25-20-10-6-7-11-21(20)26(23(25)28)16-22(27)24-19-14-12-18(13-15-19)17-8-4-3-5-9-17/h3-11,18-19H,2,12-16H2,1H3,(H,24,27). The maximum Gasteiger partial charge on any atom is 0.329 e. The van der Waals surface area contributed by atoms with E-state index in [2.05, 4.69) is 29.6 Å². The van der Waals surface area contributed by atoms with Crippen molar-refractivity contribution in [2.24, 2.45) is 0 Å². The second kappa shape index (κ2) is 8.05. The fourth-order valence-electron chi connectivity index (χ4n) is 4.44. The minimum atomic E-state index is -0.119. The molecule has 5 nitrogen and oxygen atoms in total. The third kappa shape index (κ3) is 3.61. The maximum absolute atomic E-state index is 12.7. The monoisotopic (exact) mass is 377 g/mol. The van der Waals surface area contributed by atoms with Crippen LogP contribution in [0.15, 0.2) is 59.4 Å². The average molecular weight is 377 g/mol. The minimum absolute atomic E-state index is 0.0744. The second-order valence-corrected chi connectivity index (χ2v) is 7.63. The van der Waals surface area contributed by atoms with E-state index < -0.39 is 0 Å². The van der Waals surface area contributed by atoms with Gasteiger partial charge in [0.2, 0.25) is 5.91 Å². The molecule has 1 fully saturated rings. The van der Waals surface area contributed by atoms with Crippen molar-refractivity contribution in [3.63, 3.8) is 0 Å². The molecule has 0 bridgehead atoms. The first-order valence-corrected chi connectivity index (χ1v) is 10.2. The Morgan fingerprint density at radius 2 is 1.54 bits per heavy atom. The maximum atomic E-state index is 12.7. The summed E-state index contributed by atoms with van der Waals surface area (Å²) < 4.78 is 3.30. The molecule has 5 heteroatoms. The van der Waals surface area contributed by atoms with E-state index in [0.29, 0.717) is 12.5 Å². The Kier molecular flexibility index (Phi) is 5.33. The normalized spacial score (nSPS) is 19.6. The molecule has 0 aliphatic heterocycles. The van der Waals surface area contributed by atoms with Gasteiger partial charge in [0, 0.05) is 12.6 Å². The smallest absolute Gasteiger partial charge is 0.329 e. The third-order valence-corrected chi connectivity index (χ3v) is 5.91. The van der Waals surface area contributed by atoms with Crippen LogP contribution >= 0.6 is 0 Å². The average Bonchev–Trinajstić information content (AvgIpc) is 3.00. The van der Waals surface area contributed by atoms with Gasteiger partial charge in [0.15, 0.2) is 0 Å². The molecule has 1 saturated carbocycles. The highest BCUT2D eigenvalue weighted by Crippen LogP contribution is 2.32. The SMILES string of the molecule is CCn1c(=O)n(CC(=O)NC2CCC(c3ccccc3)CC2)c2ccccc21. The van der Waals surface area contributed by atoms with Crippen LogP contribution in [0.3, 0.4) is 0 Å². The van der Waals surface area contributed by atoms with Gasteiger partial charge in [-0.1, -0.05) is 42.5 Å². The number of carbonyl (C=O) groups excluding carboxylic acids is 1. The number of aromatic nitrogens is 2. The van der Waals surface area contributed by atoms with E-state index in [-0.39, 0.29) is 24.2 Å². The van der Waals surface area contributed by atoms with Crippen molar-refractivity contribution in [2.45, 2.75) is 57.7 Å². The summed E-state index contributed by atoms with van der Waals surface area (Å²) in [7, 11) is 0. The van der Waals surface area contributed by atoms with Gasteiger partial charge in [-0.25, -0.2) is 4.79 Å². The molecule has 1 aliphatic carbocycles. The van der Waals surface area contributed by atoms with Gasteiger partial charge in [0.25, 0.3) is 0 Å². The van der Waals surface area contributed by atoms with E-state index in [1.54, 1.807) is 9.13 Å². The van der Waals surface area contributed by atoms with E-state index in [1.807, 2.05) is 37.3 Å². The highest BCUT2D eigenvalue weighted by molar-refractivity contribution is 5.81. The Morgan fingerprint density at radius 3 is 2.18 bits per heavy atom. The number of hydrogen-bond acceptors (Lipinski definition) is 2. The molecule has 1 N–H and O–H groups in total. The first-order chi connectivity index (χ1) is 13.7. The van der Waals surface area contributed by atoms with Gasteiger partial charge in [0.1, 0.15) is 6.54 Å². The fraction of sp³-hybridized carbons (Fsp3) is 0.391. The molecule has 1 heterocycles. The van der Waals surface area contributed by atoms with Crippen molar-refractivity contribution in [1.29, 1.82) is 0 Å². The number of fused-ring (bicyclic) bond motifs is 1. The number of aryl methyl sites for hydroxylation is 1. The molecule has 0 spiro atoms. The molecule has 1 aromatic heterocycles. The summed E-state index contributed by atoms with van der Waals surface area (Å²) in [6.07, 6.45) is 4.14. The molecule has 146 valence electrons. The molecule has 1 aliphatic rings. The second-order valence-electron chi connectivity index (χ2n) is 7.63. The Balaban J connectivity index is 1.40. The van der Waals surface area contributed by atoms with Crippen molar-refractivity contribution in [3.05, 3.63) is 70.6 Å². The van der Waals surface area contributed by atoms with E-state index in [1.165, 1.54) is 5.56 Å². The number of para-hydroxylation sites is 2. The van der Waals surface area contributed by atoms with Crippen LogP contribution in [-0.4, -0.2) is 21.1 Å². The van der Waals surface area contributed by atoms with E-state index >= 15 is 0 Å². The number of imidazole rings is 1. The van der Waals surface area contributed by atoms with Crippen molar-refractivity contribution < 1.29 is 4.79 Å². The predicted molar refractivity (Wildman–Crippen MR) is 111 cm³/mol. The van der Waals surface area contributed by atoms with Crippen LogP contribution in [0, 0.1) is 0 Å². The van der Waals surface area contributed by atoms with Gasteiger partial charge in [-0.3, -0.25) is 13.9 Å². The van der Waals surface area contributed by atoms with E-state index in [9.17, 15) is 9.59 Å². The molecule has 0 radical (unpaired) electrons. The van der Waals surface area contributed by atoms with Gasteiger partial charge in [0.05, 0.1) is 11.0 Å². The Morgan fingerprint density at radius 1 is 0.929 bits per heavy atom. The number of hydrogen-bond donors (Lipinski definition) is 1. The van der Waals surface area contributed by atoms with Gasteiger partial charge in [-0.05, 0) is 56.2 Å². The molecule has 28 heavy (non-hydrogen) atoms. The summed E-state index contributed by atoms with van der Waals surface area (Å²) in [5.74, 6) is 0.503. The molecule has 0 saturated heterocycles. The largest absolute Gasteiger partial charge is 0.352 e. The predicted octanol–water partition coefficient (Wildman–Crippen LogP) is 3.67. The lowest BCUT2D eigenvalue weighted by Gasteiger charge is -2.29. The van der Waals surface area contributed by atoms with E-state index in [0.717, 1.165) is 36.7 Å². The van der Waals surface area contributed by atoms with Gasteiger partial charge >= 0.3 is 5.69 Å². The Labute approximate surface area is 165 Å². The summed E-state index contributed by atoms with van der Waals surface area (Å²) in [4.78, 5) is 25.3. The number of amides is 1. The highest BCUT2D eigenvalue weighted by Gasteiger charge is 2.24. The molecule has 2 aromatic carbocycles. The molecular weight excluding hydrogens is 350 g/mol. The first-order valence-electron chi connectivity index (χ1n) is 10.2. The highest BCUT2D eigenvalue weighted by atomic mass is 16.2. The third-order valence-electron chi connectivity index (χ3n) is 5.91. The summed E-state index contributed by atoms with van der Waals surface area (Å²) in [6, 6.07) is 18.5. The van der Waals surface area contributed by atoms with Crippen molar-refractivity contribution in [1.82, 2.24) is 14.5 Å². The Bertz CT molecular complexity index is 1010.